The number of nitrogens with zero attached hydrogens (tertiary/aromatic N) is 1. The van der Waals surface area contributed by atoms with Gasteiger partial charge in [0, 0.05) is 5.69 Å². The first-order chi connectivity index (χ1) is 7.58. The van der Waals surface area contributed by atoms with Gasteiger partial charge in [0.25, 0.3) is 0 Å². The van der Waals surface area contributed by atoms with Gasteiger partial charge in [-0.2, -0.15) is 0 Å². The maximum Gasteiger partial charge on any atom is 0.173 e. The molecule has 1 aromatic carbocycles. The van der Waals surface area contributed by atoms with Crippen molar-refractivity contribution in [2.24, 2.45) is 0 Å². The van der Waals surface area contributed by atoms with Crippen LogP contribution in [0.5, 0.6) is 0 Å². The van der Waals surface area contributed by atoms with Crippen LogP contribution in [-0.2, 0) is 0 Å². The Morgan fingerprint density at radius 2 is 2.00 bits per heavy atom. The fourth-order valence-corrected chi connectivity index (χ4v) is 1.62. The molecule has 0 saturated heterocycles. The first-order valence-electron chi connectivity index (χ1n) is 5.23. The number of aryl methyl sites for hydroxylation is 2. The summed E-state index contributed by atoms with van der Waals surface area (Å²) in [5, 5.41) is 3.23. The van der Waals surface area contributed by atoms with Crippen molar-refractivity contribution in [2.45, 2.75) is 20.8 Å². The molecule has 0 atom stereocenters. The van der Waals surface area contributed by atoms with E-state index in [1.807, 2.05) is 19.1 Å². The number of anilines is 3. The van der Waals surface area contributed by atoms with Gasteiger partial charge in [-0.3, -0.25) is 0 Å². The molecule has 1 aromatic heterocycles. The van der Waals surface area contributed by atoms with E-state index in [0.29, 0.717) is 11.6 Å². The fourth-order valence-electron chi connectivity index (χ4n) is 1.62. The Morgan fingerprint density at radius 1 is 1.25 bits per heavy atom. The summed E-state index contributed by atoms with van der Waals surface area (Å²) in [5.74, 6) is 2.06. The topological polar surface area (TPSA) is 66.7 Å². The van der Waals surface area contributed by atoms with E-state index in [9.17, 15) is 0 Å². The summed E-state index contributed by atoms with van der Waals surface area (Å²) in [5.41, 5.74) is 9.29. The zero-order chi connectivity index (χ0) is 11.7. The third-order valence-electron chi connectivity index (χ3n) is 2.71. The third-order valence-corrected chi connectivity index (χ3v) is 2.71. The highest BCUT2D eigenvalue weighted by atomic mass is 15.1. The van der Waals surface area contributed by atoms with Crippen molar-refractivity contribution in [1.82, 2.24) is 9.97 Å². The molecule has 0 saturated carbocycles. The molecule has 0 aliphatic heterocycles. The summed E-state index contributed by atoms with van der Waals surface area (Å²) in [7, 11) is 0. The largest absolute Gasteiger partial charge is 0.382 e. The van der Waals surface area contributed by atoms with Gasteiger partial charge in [0.05, 0.1) is 0 Å². The smallest absolute Gasteiger partial charge is 0.173 e. The van der Waals surface area contributed by atoms with E-state index in [2.05, 4.69) is 35.2 Å². The molecule has 0 bridgehead atoms. The molecule has 2 aromatic rings. The highest BCUT2D eigenvalue weighted by molar-refractivity contribution is 5.69. The van der Waals surface area contributed by atoms with Gasteiger partial charge in [-0.05, 0) is 38.0 Å². The molecule has 16 heavy (non-hydrogen) atoms. The van der Waals surface area contributed by atoms with Crippen LogP contribution in [0.15, 0.2) is 18.2 Å². The minimum Gasteiger partial charge on any atom is -0.382 e. The molecule has 1 heterocycles. The summed E-state index contributed by atoms with van der Waals surface area (Å²) in [6.45, 7) is 6.04. The Balaban J connectivity index is 2.34. The van der Waals surface area contributed by atoms with E-state index in [4.69, 9.17) is 5.73 Å². The molecule has 84 valence electrons. The second kappa shape index (κ2) is 3.89. The highest BCUT2D eigenvalue weighted by Gasteiger charge is 2.07. The average Bonchev–Trinajstić information content (AvgIpc) is 2.53. The molecule has 0 fully saturated rings. The number of benzene rings is 1. The number of nitrogen functional groups attached to an aromatic ring is 1. The third kappa shape index (κ3) is 1.86. The summed E-state index contributed by atoms with van der Waals surface area (Å²) in [6.07, 6.45) is 0. The Hall–Kier alpha value is -1.97. The molecule has 0 unspecified atom stereocenters. The van der Waals surface area contributed by atoms with Crippen molar-refractivity contribution < 1.29 is 0 Å². The van der Waals surface area contributed by atoms with Crippen LogP contribution in [0.1, 0.15) is 17.0 Å². The van der Waals surface area contributed by atoms with Crippen molar-refractivity contribution in [3.05, 3.63) is 35.2 Å². The standard InChI is InChI=1S/C12H16N4/c1-7-5-4-6-10(8(7)2)16-12-11(13)14-9(3)15-12/h4-6,16H,13H2,1-3H3,(H,14,15). The maximum absolute atomic E-state index is 5.80. The molecule has 0 spiro atoms. The van der Waals surface area contributed by atoms with E-state index < -0.39 is 0 Å². The van der Waals surface area contributed by atoms with Gasteiger partial charge in [0.1, 0.15) is 11.6 Å². The van der Waals surface area contributed by atoms with Crippen LogP contribution in [0.4, 0.5) is 17.3 Å². The minimum atomic E-state index is 0.568. The van der Waals surface area contributed by atoms with Crippen molar-refractivity contribution in [3.8, 4) is 0 Å². The molecule has 4 nitrogen and oxygen atoms in total. The lowest BCUT2D eigenvalue weighted by atomic mass is 10.1. The van der Waals surface area contributed by atoms with Crippen LogP contribution in [0, 0.1) is 20.8 Å². The number of hydrogen-bond acceptors (Lipinski definition) is 3. The van der Waals surface area contributed by atoms with E-state index in [-0.39, 0.29) is 0 Å². The number of aromatic amines is 1. The van der Waals surface area contributed by atoms with Crippen LogP contribution in [0.3, 0.4) is 0 Å². The molecular formula is C12H16N4. The van der Waals surface area contributed by atoms with Crippen molar-refractivity contribution in [1.29, 1.82) is 0 Å². The zero-order valence-electron chi connectivity index (χ0n) is 9.76. The number of imidazole rings is 1. The number of aromatic nitrogens is 2. The lowest BCUT2D eigenvalue weighted by molar-refractivity contribution is 1.15. The Morgan fingerprint density at radius 3 is 2.62 bits per heavy atom. The van der Waals surface area contributed by atoms with E-state index >= 15 is 0 Å². The van der Waals surface area contributed by atoms with Gasteiger partial charge < -0.3 is 16.0 Å². The molecule has 2 rings (SSSR count). The van der Waals surface area contributed by atoms with Gasteiger partial charge in [0.15, 0.2) is 5.82 Å². The predicted octanol–water partition coefficient (Wildman–Crippen LogP) is 2.66. The summed E-state index contributed by atoms with van der Waals surface area (Å²) >= 11 is 0. The molecule has 0 aliphatic rings. The average molecular weight is 216 g/mol. The van der Waals surface area contributed by atoms with E-state index in [1.165, 1.54) is 11.1 Å². The maximum atomic E-state index is 5.80. The summed E-state index contributed by atoms with van der Waals surface area (Å²) in [6, 6.07) is 6.12. The van der Waals surface area contributed by atoms with Crippen molar-refractivity contribution in [2.75, 3.05) is 11.1 Å². The quantitative estimate of drug-likeness (QED) is 0.723. The van der Waals surface area contributed by atoms with Gasteiger partial charge in [0.2, 0.25) is 0 Å². The predicted molar refractivity (Wildman–Crippen MR) is 66.9 cm³/mol. The molecule has 4 N–H and O–H groups in total. The molecule has 4 heteroatoms. The molecule has 0 amide bonds. The molecule has 0 aliphatic carbocycles. The van der Waals surface area contributed by atoms with Gasteiger partial charge >= 0.3 is 0 Å². The second-order valence-electron chi connectivity index (χ2n) is 3.96. The Kier molecular flexibility index (Phi) is 2.56. The number of nitrogens with two attached hydrogens (primary N) is 1. The number of rotatable bonds is 2. The lowest BCUT2D eigenvalue weighted by Crippen LogP contribution is -1.98. The van der Waals surface area contributed by atoms with Crippen molar-refractivity contribution in [3.63, 3.8) is 0 Å². The first kappa shape index (κ1) is 10.5. The number of nitrogens with one attached hydrogen (secondary N) is 2. The Labute approximate surface area is 94.9 Å². The number of H-pyrrole nitrogens is 1. The highest BCUT2D eigenvalue weighted by Crippen LogP contribution is 2.24. The van der Waals surface area contributed by atoms with Crippen LogP contribution in [0.2, 0.25) is 0 Å². The molecular weight excluding hydrogens is 200 g/mol. The van der Waals surface area contributed by atoms with Crippen LogP contribution < -0.4 is 11.1 Å². The second-order valence-corrected chi connectivity index (χ2v) is 3.96. The zero-order valence-corrected chi connectivity index (χ0v) is 9.76. The monoisotopic (exact) mass is 216 g/mol. The van der Waals surface area contributed by atoms with Crippen LogP contribution in [0.25, 0.3) is 0 Å². The van der Waals surface area contributed by atoms with E-state index in [0.717, 1.165) is 11.5 Å². The fraction of sp³-hybridized carbons (Fsp3) is 0.250. The first-order valence-corrected chi connectivity index (χ1v) is 5.23. The van der Waals surface area contributed by atoms with Crippen LogP contribution in [-0.4, -0.2) is 9.97 Å². The van der Waals surface area contributed by atoms with Gasteiger partial charge in [-0.1, -0.05) is 12.1 Å². The van der Waals surface area contributed by atoms with Crippen molar-refractivity contribution >= 4 is 17.3 Å². The number of hydrogen-bond donors (Lipinski definition) is 3. The lowest BCUT2D eigenvalue weighted by Gasteiger charge is -2.09. The van der Waals surface area contributed by atoms with Gasteiger partial charge in [-0.25, -0.2) is 4.98 Å². The summed E-state index contributed by atoms with van der Waals surface area (Å²) in [4.78, 5) is 7.25. The molecule has 0 radical (unpaired) electrons. The SMILES string of the molecule is Cc1nc(Nc2cccc(C)c2C)c(N)[nH]1. The normalized spacial score (nSPS) is 10.4. The van der Waals surface area contributed by atoms with Crippen LogP contribution >= 0.6 is 0 Å². The minimum absolute atomic E-state index is 0.568. The van der Waals surface area contributed by atoms with E-state index in [1.54, 1.807) is 0 Å². The van der Waals surface area contributed by atoms with Gasteiger partial charge in [-0.15, -0.1) is 0 Å². The summed E-state index contributed by atoms with van der Waals surface area (Å²) < 4.78 is 0. The Bertz CT molecular complexity index is 514.